The summed E-state index contributed by atoms with van der Waals surface area (Å²) < 4.78 is 0. The van der Waals surface area contributed by atoms with Crippen molar-refractivity contribution in [3.05, 3.63) is 87.6 Å². The molecule has 0 bridgehead atoms. The number of hydrogen-bond donors (Lipinski definition) is 1. The van der Waals surface area contributed by atoms with Crippen LogP contribution in [0.15, 0.2) is 66.0 Å². The number of anilines is 1. The van der Waals surface area contributed by atoms with Crippen molar-refractivity contribution >= 4 is 28.8 Å². The Morgan fingerprint density at radius 1 is 1.07 bits per heavy atom. The number of nitrogens with zero attached hydrogens (tertiary/aromatic N) is 1. The van der Waals surface area contributed by atoms with Crippen molar-refractivity contribution in [3.8, 4) is 0 Å². The standard InChI is InChI=1S/C25H26N2O2S/c1-16(2)15-27-23(21-13-8-14-30-21)22(18-10-5-6-11-19(18)25(27)29)24(28)26-20-12-7-4-9-17(20)3/h4-14,16,22-23H,15H2,1-3H3,(H,26,28). The van der Waals surface area contributed by atoms with Crippen molar-refractivity contribution in [1.82, 2.24) is 4.90 Å². The van der Waals surface area contributed by atoms with E-state index in [0.717, 1.165) is 21.7 Å². The lowest BCUT2D eigenvalue weighted by Gasteiger charge is -2.42. The van der Waals surface area contributed by atoms with Gasteiger partial charge in [0.15, 0.2) is 0 Å². The summed E-state index contributed by atoms with van der Waals surface area (Å²) in [4.78, 5) is 30.0. The van der Waals surface area contributed by atoms with Gasteiger partial charge in [-0.25, -0.2) is 0 Å². The van der Waals surface area contributed by atoms with E-state index in [2.05, 4.69) is 19.2 Å². The summed E-state index contributed by atoms with van der Waals surface area (Å²) in [5.41, 5.74) is 3.23. The van der Waals surface area contributed by atoms with Crippen molar-refractivity contribution in [2.75, 3.05) is 11.9 Å². The highest BCUT2D eigenvalue weighted by molar-refractivity contribution is 7.10. The minimum atomic E-state index is -0.476. The average molecular weight is 419 g/mol. The third-order valence-electron chi connectivity index (χ3n) is 5.52. The Hall–Kier alpha value is -2.92. The van der Waals surface area contributed by atoms with Gasteiger partial charge < -0.3 is 10.2 Å². The number of thiophene rings is 1. The van der Waals surface area contributed by atoms with Crippen molar-refractivity contribution in [2.45, 2.75) is 32.7 Å². The van der Waals surface area contributed by atoms with Crippen LogP contribution in [0.25, 0.3) is 0 Å². The Morgan fingerprint density at radius 3 is 2.50 bits per heavy atom. The van der Waals surface area contributed by atoms with E-state index in [1.54, 1.807) is 11.3 Å². The molecule has 2 aromatic carbocycles. The van der Waals surface area contributed by atoms with Gasteiger partial charge in [0, 0.05) is 22.7 Å². The van der Waals surface area contributed by atoms with Gasteiger partial charge in [-0.2, -0.15) is 0 Å². The lowest BCUT2D eigenvalue weighted by atomic mass is 9.81. The molecule has 1 aromatic heterocycles. The maximum absolute atomic E-state index is 13.7. The van der Waals surface area contributed by atoms with Crippen LogP contribution in [0.1, 0.15) is 52.2 Å². The first-order valence-electron chi connectivity index (χ1n) is 10.3. The molecule has 4 rings (SSSR count). The maximum Gasteiger partial charge on any atom is 0.254 e. The lowest BCUT2D eigenvalue weighted by Crippen LogP contribution is -2.47. The summed E-state index contributed by atoms with van der Waals surface area (Å²) in [5, 5.41) is 5.13. The quantitative estimate of drug-likeness (QED) is 0.584. The van der Waals surface area contributed by atoms with Gasteiger partial charge in [-0.3, -0.25) is 9.59 Å². The van der Waals surface area contributed by atoms with Gasteiger partial charge in [0.05, 0.1) is 12.0 Å². The molecule has 0 saturated carbocycles. The third-order valence-corrected chi connectivity index (χ3v) is 6.46. The van der Waals surface area contributed by atoms with E-state index in [1.165, 1.54) is 0 Å². The molecule has 2 atom stereocenters. The smallest absolute Gasteiger partial charge is 0.254 e. The SMILES string of the molecule is Cc1ccccc1NC(=O)C1c2ccccc2C(=O)N(CC(C)C)C1c1cccs1. The molecule has 0 aliphatic carbocycles. The molecule has 1 N–H and O–H groups in total. The predicted octanol–water partition coefficient (Wildman–Crippen LogP) is 5.63. The highest BCUT2D eigenvalue weighted by atomic mass is 32.1. The monoisotopic (exact) mass is 418 g/mol. The molecule has 2 amide bonds. The molecule has 0 spiro atoms. The Bertz CT molecular complexity index is 1060. The molecule has 2 unspecified atom stereocenters. The summed E-state index contributed by atoms with van der Waals surface area (Å²) in [6.07, 6.45) is 0. The summed E-state index contributed by atoms with van der Waals surface area (Å²) in [6.45, 7) is 6.78. The Kier molecular flexibility index (Phi) is 5.73. The molecule has 1 aliphatic heterocycles. The number of carbonyl (C=O) groups is 2. The van der Waals surface area contributed by atoms with Crippen LogP contribution in [0.3, 0.4) is 0 Å². The fourth-order valence-corrected chi connectivity index (χ4v) is 5.04. The number of para-hydroxylation sites is 1. The van der Waals surface area contributed by atoms with Gasteiger partial charge >= 0.3 is 0 Å². The zero-order valence-corrected chi connectivity index (χ0v) is 18.3. The number of hydrogen-bond acceptors (Lipinski definition) is 3. The number of carbonyl (C=O) groups excluding carboxylic acids is 2. The number of amides is 2. The van der Waals surface area contributed by atoms with Gasteiger partial charge in [0.25, 0.3) is 5.91 Å². The van der Waals surface area contributed by atoms with Crippen molar-refractivity contribution in [3.63, 3.8) is 0 Å². The van der Waals surface area contributed by atoms with Gasteiger partial charge in [-0.1, -0.05) is 56.3 Å². The van der Waals surface area contributed by atoms with E-state index in [4.69, 9.17) is 0 Å². The summed E-state index contributed by atoms with van der Waals surface area (Å²) in [7, 11) is 0. The molecule has 0 fully saturated rings. The molecule has 0 saturated heterocycles. The Morgan fingerprint density at radius 2 is 1.80 bits per heavy atom. The zero-order valence-electron chi connectivity index (χ0n) is 17.5. The minimum absolute atomic E-state index is 0.00218. The van der Waals surface area contributed by atoms with Gasteiger partial charge in [0.2, 0.25) is 5.91 Å². The number of rotatable bonds is 5. The number of aryl methyl sites for hydroxylation is 1. The van der Waals surface area contributed by atoms with Gasteiger partial charge in [-0.15, -0.1) is 11.3 Å². The van der Waals surface area contributed by atoms with Crippen LogP contribution in [0.5, 0.6) is 0 Å². The molecule has 3 aromatic rings. The third kappa shape index (κ3) is 3.77. The molecule has 1 aliphatic rings. The first-order valence-corrected chi connectivity index (χ1v) is 11.1. The summed E-state index contributed by atoms with van der Waals surface area (Å²) in [6, 6.07) is 19.0. The molecule has 5 heteroatoms. The van der Waals surface area contributed by atoms with Crippen LogP contribution in [0.4, 0.5) is 5.69 Å². The highest BCUT2D eigenvalue weighted by Gasteiger charge is 2.44. The van der Waals surface area contributed by atoms with E-state index in [-0.39, 0.29) is 17.9 Å². The van der Waals surface area contributed by atoms with Crippen molar-refractivity contribution < 1.29 is 9.59 Å². The average Bonchev–Trinajstić information content (AvgIpc) is 3.25. The fourth-order valence-electron chi connectivity index (χ4n) is 4.17. The van der Waals surface area contributed by atoms with Crippen LogP contribution in [0, 0.1) is 12.8 Å². The molecule has 4 nitrogen and oxygen atoms in total. The Labute approximate surface area is 181 Å². The van der Waals surface area contributed by atoms with Gasteiger partial charge in [0.1, 0.15) is 0 Å². The molecule has 30 heavy (non-hydrogen) atoms. The van der Waals surface area contributed by atoms with Crippen LogP contribution < -0.4 is 5.32 Å². The second-order valence-electron chi connectivity index (χ2n) is 8.18. The summed E-state index contributed by atoms with van der Waals surface area (Å²) in [5.74, 6) is -0.272. The lowest BCUT2D eigenvalue weighted by molar-refractivity contribution is -0.119. The number of nitrogens with one attached hydrogen (secondary N) is 1. The number of fused-ring (bicyclic) bond motifs is 1. The normalized spacial score (nSPS) is 18.4. The van der Waals surface area contributed by atoms with Crippen molar-refractivity contribution in [2.24, 2.45) is 5.92 Å². The minimum Gasteiger partial charge on any atom is -0.329 e. The molecule has 0 radical (unpaired) electrons. The second kappa shape index (κ2) is 8.44. The zero-order chi connectivity index (χ0) is 21.3. The van der Waals surface area contributed by atoms with Gasteiger partial charge in [-0.05, 0) is 47.5 Å². The van der Waals surface area contributed by atoms with Crippen molar-refractivity contribution in [1.29, 1.82) is 0 Å². The van der Waals surface area contributed by atoms with E-state index in [1.807, 2.05) is 77.9 Å². The molecular formula is C25H26N2O2S. The molecular weight excluding hydrogens is 392 g/mol. The summed E-state index contributed by atoms with van der Waals surface area (Å²) >= 11 is 1.59. The molecule has 2 heterocycles. The first kappa shape index (κ1) is 20.4. The van der Waals surface area contributed by atoms with E-state index in [9.17, 15) is 9.59 Å². The predicted molar refractivity (Wildman–Crippen MR) is 122 cm³/mol. The van der Waals surface area contributed by atoms with Crippen LogP contribution in [0.2, 0.25) is 0 Å². The molecule has 154 valence electrons. The van der Waals surface area contributed by atoms with Crippen LogP contribution in [-0.4, -0.2) is 23.3 Å². The number of benzene rings is 2. The van der Waals surface area contributed by atoms with Crippen LogP contribution >= 0.6 is 11.3 Å². The first-order chi connectivity index (χ1) is 14.5. The van der Waals surface area contributed by atoms with E-state index >= 15 is 0 Å². The topological polar surface area (TPSA) is 49.4 Å². The maximum atomic E-state index is 13.7. The second-order valence-corrected chi connectivity index (χ2v) is 9.16. The van der Waals surface area contributed by atoms with E-state index in [0.29, 0.717) is 18.0 Å². The highest BCUT2D eigenvalue weighted by Crippen LogP contribution is 2.45. The fraction of sp³-hybridized carbons (Fsp3) is 0.280. The van der Waals surface area contributed by atoms with E-state index < -0.39 is 5.92 Å². The Balaban J connectivity index is 1.83. The largest absolute Gasteiger partial charge is 0.329 e. The van der Waals surface area contributed by atoms with Crippen LogP contribution in [-0.2, 0) is 4.79 Å².